The molecule has 2 aromatic carbocycles. The lowest BCUT2D eigenvalue weighted by atomic mass is 10.1. The van der Waals surface area contributed by atoms with E-state index >= 15 is 0 Å². The van der Waals surface area contributed by atoms with Gasteiger partial charge in [0.2, 0.25) is 6.29 Å². The summed E-state index contributed by atoms with van der Waals surface area (Å²) >= 11 is 1.54. The second-order valence-electron chi connectivity index (χ2n) is 6.22. The van der Waals surface area contributed by atoms with Gasteiger partial charge in [-0.2, -0.15) is 11.3 Å². The van der Waals surface area contributed by atoms with Crippen LogP contribution >= 0.6 is 11.3 Å². The normalized spacial score (nSPS) is 15.8. The Balaban J connectivity index is 1.49. The molecule has 0 amide bonds. The van der Waals surface area contributed by atoms with Crippen LogP contribution in [0.5, 0.6) is 5.75 Å². The number of thiophene rings is 1. The lowest BCUT2D eigenvalue weighted by Gasteiger charge is -2.28. The molecule has 3 aromatic rings. The van der Waals surface area contributed by atoms with Gasteiger partial charge in [0.25, 0.3) is 0 Å². The quantitative estimate of drug-likeness (QED) is 0.436. The highest BCUT2D eigenvalue weighted by atomic mass is 32.1. The molecule has 0 unspecified atom stereocenters. The first kappa shape index (κ1) is 18.4. The van der Waals surface area contributed by atoms with Crippen molar-refractivity contribution < 1.29 is 23.4 Å². The third-order valence-corrected chi connectivity index (χ3v) is 4.92. The number of fused-ring (bicyclic) bond motifs is 1. The lowest BCUT2D eigenvalue weighted by molar-refractivity contribution is -0.139. The molecular weight excluding hydrogens is 379 g/mol. The molecule has 1 aliphatic rings. The second-order valence-corrected chi connectivity index (χ2v) is 7.00. The Morgan fingerprint density at radius 3 is 2.89 bits per heavy atom. The maximum Gasteiger partial charge on any atom is 0.331 e. The zero-order chi connectivity index (χ0) is 19.3. The number of benzene rings is 2. The van der Waals surface area contributed by atoms with Gasteiger partial charge in [0.1, 0.15) is 18.2 Å². The molecule has 0 spiro atoms. The van der Waals surface area contributed by atoms with Crippen LogP contribution in [0.2, 0.25) is 0 Å². The van der Waals surface area contributed by atoms with E-state index in [0.717, 1.165) is 11.1 Å². The van der Waals surface area contributed by atoms with E-state index in [-0.39, 0.29) is 13.2 Å². The van der Waals surface area contributed by atoms with Crippen LogP contribution in [0.1, 0.15) is 28.5 Å². The molecule has 28 heavy (non-hydrogen) atoms. The van der Waals surface area contributed by atoms with Crippen LogP contribution in [0.4, 0.5) is 4.39 Å². The minimum Gasteiger partial charge on any atom is -0.460 e. The average molecular weight is 396 g/mol. The summed E-state index contributed by atoms with van der Waals surface area (Å²) in [6.07, 6.45) is 2.44. The van der Waals surface area contributed by atoms with Crippen LogP contribution < -0.4 is 4.74 Å². The fraction of sp³-hybridized carbons (Fsp3) is 0.136. The number of carbonyl (C=O) groups excluding carboxylic acids is 1. The molecule has 0 radical (unpaired) electrons. The van der Waals surface area contributed by atoms with Crippen LogP contribution in [-0.4, -0.2) is 5.97 Å². The fourth-order valence-electron chi connectivity index (χ4n) is 2.89. The van der Waals surface area contributed by atoms with Crippen molar-refractivity contribution in [3.63, 3.8) is 0 Å². The van der Waals surface area contributed by atoms with Crippen LogP contribution in [0.3, 0.4) is 0 Å². The lowest BCUT2D eigenvalue weighted by Crippen LogP contribution is -2.19. The van der Waals surface area contributed by atoms with E-state index in [0.29, 0.717) is 16.9 Å². The van der Waals surface area contributed by atoms with E-state index in [9.17, 15) is 9.18 Å². The van der Waals surface area contributed by atoms with Gasteiger partial charge in [0, 0.05) is 22.8 Å². The van der Waals surface area contributed by atoms with Crippen molar-refractivity contribution in [1.82, 2.24) is 0 Å². The summed E-state index contributed by atoms with van der Waals surface area (Å²) in [5, 5.41) is 3.84. The van der Waals surface area contributed by atoms with Gasteiger partial charge in [-0.15, -0.1) is 0 Å². The van der Waals surface area contributed by atoms with Crippen LogP contribution in [0, 0.1) is 5.82 Å². The summed E-state index contributed by atoms with van der Waals surface area (Å²) in [4.78, 5) is 12.0. The van der Waals surface area contributed by atoms with Gasteiger partial charge in [-0.25, -0.2) is 9.18 Å². The molecule has 4 rings (SSSR count). The zero-order valence-electron chi connectivity index (χ0n) is 14.8. The number of halogens is 1. The number of ether oxygens (including phenoxy) is 3. The third-order valence-electron chi connectivity index (χ3n) is 4.22. The Bertz CT molecular complexity index is 983. The molecule has 1 atom stereocenters. The van der Waals surface area contributed by atoms with Crippen molar-refractivity contribution in [3.05, 3.63) is 93.4 Å². The first-order valence-corrected chi connectivity index (χ1v) is 9.65. The Morgan fingerprint density at radius 1 is 1.25 bits per heavy atom. The summed E-state index contributed by atoms with van der Waals surface area (Å²) in [5.41, 5.74) is 2.85. The largest absolute Gasteiger partial charge is 0.460 e. The smallest absolute Gasteiger partial charge is 0.331 e. The Kier molecular flexibility index (Phi) is 5.50. The standard InChI is InChI=1S/C22H17FO4S/c23-19-10-17(12-25-20(24)7-6-15-8-9-28-14-15)21-18(11-19)13-26-22(27-21)16-4-2-1-3-5-16/h1-11,14,22H,12-13H2/b7-6+/t22-/m0/s1. The third kappa shape index (κ3) is 4.30. The first-order chi connectivity index (χ1) is 13.7. The highest BCUT2D eigenvalue weighted by molar-refractivity contribution is 7.08. The average Bonchev–Trinajstić information content (AvgIpc) is 3.24. The summed E-state index contributed by atoms with van der Waals surface area (Å²) in [5.74, 6) is -0.434. The fourth-order valence-corrected chi connectivity index (χ4v) is 3.52. The topological polar surface area (TPSA) is 44.8 Å². The van der Waals surface area contributed by atoms with E-state index in [4.69, 9.17) is 14.2 Å². The van der Waals surface area contributed by atoms with E-state index < -0.39 is 18.1 Å². The van der Waals surface area contributed by atoms with Crippen molar-refractivity contribution in [2.45, 2.75) is 19.5 Å². The zero-order valence-corrected chi connectivity index (χ0v) is 15.7. The molecule has 0 aliphatic carbocycles. The Labute approximate surface area is 165 Å². The van der Waals surface area contributed by atoms with E-state index in [1.54, 1.807) is 17.4 Å². The van der Waals surface area contributed by atoms with Crippen LogP contribution in [0.15, 0.2) is 65.4 Å². The number of hydrogen-bond donors (Lipinski definition) is 0. The summed E-state index contributed by atoms with van der Waals surface area (Å²) in [6.45, 7) is 0.125. The van der Waals surface area contributed by atoms with Crippen LogP contribution in [-0.2, 0) is 27.5 Å². The van der Waals surface area contributed by atoms with Gasteiger partial charge in [0.05, 0.1) is 6.61 Å². The van der Waals surface area contributed by atoms with Gasteiger partial charge >= 0.3 is 5.97 Å². The van der Waals surface area contributed by atoms with Crippen molar-refractivity contribution >= 4 is 23.4 Å². The molecular formula is C22H17FO4S. The molecule has 6 heteroatoms. The molecule has 2 heterocycles. The molecule has 4 nitrogen and oxygen atoms in total. The minimum absolute atomic E-state index is 0.0889. The van der Waals surface area contributed by atoms with E-state index in [2.05, 4.69) is 0 Å². The highest BCUT2D eigenvalue weighted by Gasteiger charge is 2.25. The van der Waals surface area contributed by atoms with Crippen molar-refractivity contribution in [1.29, 1.82) is 0 Å². The van der Waals surface area contributed by atoms with Gasteiger partial charge in [0.15, 0.2) is 0 Å². The second kappa shape index (κ2) is 8.37. The van der Waals surface area contributed by atoms with Gasteiger partial charge in [-0.1, -0.05) is 30.3 Å². The molecule has 0 bridgehead atoms. The maximum absolute atomic E-state index is 14.0. The summed E-state index contributed by atoms with van der Waals surface area (Å²) in [6, 6.07) is 14.1. The summed E-state index contributed by atoms with van der Waals surface area (Å²) < 4.78 is 30.9. The highest BCUT2D eigenvalue weighted by Crippen LogP contribution is 2.36. The van der Waals surface area contributed by atoms with Crippen molar-refractivity contribution in [2.75, 3.05) is 0 Å². The number of rotatable bonds is 5. The molecule has 0 N–H and O–H groups in total. The molecule has 1 aliphatic heterocycles. The van der Waals surface area contributed by atoms with Crippen LogP contribution in [0.25, 0.3) is 6.08 Å². The molecule has 0 fully saturated rings. The van der Waals surface area contributed by atoms with Crippen molar-refractivity contribution in [2.24, 2.45) is 0 Å². The molecule has 142 valence electrons. The predicted molar refractivity (Wildman–Crippen MR) is 104 cm³/mol. The Hall–Kier alpha value is -2.96. The SMILES string of the molecule is O=C(/C=C/c1ccsc1)OCc1cc(F)cc2c1O[C@@H](c1ccccc1)OC2. The number of carbonyl (C=O) groups is 1. The first-order valence-electron chi connectivity index (χ1n) is 8.70. The maximum atomic E-state index is 14.0. The Morgan fingerprint density at radius 2 is 2.11 bits per heavy atom. The number of hydrogen-bond acceptors (Lipinski definition) is 5. The molecule has 0 saturated heterocycles. The van der Waals surface area contributed by atoms with E-state index in [1.165, 1.54) is 18.2 Å². The minimum atomic E-state index is -0.591. The molecule has 1 aromatic heterocycles. The molecule has 0 saturated carbocycles. The van der Waals surface area contributed by atoms with Gasteiger partial charge in [-0.3, -0.25) is 0 Å². The van der Waals surface area contributed by atoms with Gasteiger partial charge in [-0.05, 0) is 40.6 Å². The monoisotopic (exact) mass is 396 g/mol. The van der Waals surface area contributed by atoms with Crippen molar-refractivity contribution in [3.8, 4) is 5.75 Å². The van der Waals surface area contributed by atoms with Gasteiger partial charge < -0.3 is 14.2 Å². The number of esters is 1. The predicted octanol–water partition coefficient (Wildman–Crippen LogP) is 5.25. The van der Waals surface area contributed by atoms with E-state index in [1.807, 2.05) is 47.2 Å². The summed E-state index contributed by atoms with van der Waals surface area (Å²) in [7, 11) is 0.